The van der Waals surface area contributed by atoms with Crippen molar-refractivity contribution in [2.24, 2.45) is 0 Å². The van der Waals surface area contributed by atoms with Crippen LogP contribution < -0.4 is 4.74 Å². The lowest BCUT2D eigenvalue weighted by molar-refractivity contribution is 0.0970. The molecule has 0 amide bonds. The van der Waals surface area contributed by atoms with Gasteiger partial charge in [0.05, 0.1) is 7.11 Å². The second-order valence-electron chi connectivity index (χ2n) is 2.88. The maximum Gasteiger partial charge on any atom is 0.118 e. The second kappa shape index (κ2) is 5.45. The molecule has 14 heavy (non-hydrogen) atoms. The van der Waals surface area contributed by atoms with Crippen molar-refractivity contribution in [1.82, 2.24) is 0 Å². The SMILES string of the molecule is C=CC(OCC)c1ccc(OC)cc1. The van der Waals surface area contributed by atoms with Crippen molar-refractivity contribution in [1.29, 1.82) is 0 Å². The average molecular weight is 192 g/mol. The molecular formula is C12H16O2. The van der Waals surface area contributed by atoms with Crippen LogP contribution in [0.1, 0.15) is 18.6 Å². The Morgan fingerprint density at radius 1 is 1.36 bits per heavy atom. The molecule has 2 heteroatoms. The van der Waals surface area contributed by atoms with Gasteiger partial charge in [-0.2, -0.15) is 0 Å². The van der Waals surface area contributed by atoms with E-state index in [0.717, 1.165) is 11.3 Å². The van der Waals surface area contributed by atoms with E-state index in [-0.39, 0.29) is 6.10 Å². The van der Waals surface area contributed by atoms with Crippen molar-refractivity contribution in [3.63, 3.8) is 0 Å². The van der Waals surface area contributed by atoms with Gasteiger partial charge in [0.25, 0.3) is 0 Å². The summed E-state index contributed by atoms with van der Waals surface area (Å²) >= 11 is 0. The molecule has 0 aromatic heterocycles. The van der Waals surface area contributed by atoms with Crippen molar-refractivity contribution >= 4 is 0 Å². The highest BCUT2D eigenvalue weighted by Crippen LogP contribution is 2.21. The van der Waals surface area contributed by atoms with Crippen LogP contribution in [-0.4, -0.2) is 13.7 Å². The maximum atomic E-state index is 5.49. The molecule has 1 aromatic carbocycles. The van der Waals surface area contributed by atoms with Gasteiger partial charge < -0.3 is 9.47 Å². The number of hydrogen-bond acceptors (Lipinski definition) is 2. The fourth-order valence-corrected chi connectivity index (χ4v) is 1.27. The van der Waals surface area contributed by atoms with Gasteiger partial charge in [-0.15, -0.1) is 6.58 Å². The van der Waals surface area contributed by atoms with Crippen LogP contribution in [0.5, 0.6) is 5.75 Å². The van der Waals surface area contributed by atoms with Gasteiger partial charge in [-0.05, 0) is 24.6 Å². The van der Waals surface area contributed by atoms with E-state index < -0.39 is 0 Å². The van der Waals surface area contributed by atoms with Crippen LogP contribution in [0.2, 0.25) is 0 Å². The zero-order valence-electron chi connectivity index (χ0n) is 8.69. The summed E-state index contributed by atoms with van der Waals surface area (Å²) in [6.45, 7) is 6.40. The van der Waals surface area contributed by atoms with Crippen LogP contribution in [0.4, 0.5) is 0 Å². The van der Waals surface area contributed by atoms with Crippen LogP contribution in [0.25, 0.3) is 0 Å². The summed E-state index contributed by atoms with van der Waals surface area (Å²) < 4.78 is 10.6. The summed E-state index contributed by atoms with van der Waals surface area (Å²) in [5.41, 5.74) is 1.10. The lowest BCUT2D eigenvalue weighted by atomic mass is 10.1. The van der Waals surface area contributed by atoms with Crippen molar-refractivity contribution < 1.29 is 9.47 Å². The molecule has 76 valence electrons. The molecular weight excluding hydrogens is 176 g/mol. The Kier molecular flexibility index (Phi) is 4.20. The number of rotatable bonds is 5. The molecule has 0 bridgehead atoms. The molecule has 0 aliphatic heterocycles. The fraction of sp³-hybridized carbons (Fsp3) is 0.333. The molecule has 1 atom stereocenters. The standard InChI is InChI=1S/C12H16O2/c1-4-12(14-5-2)10-6-8-11(13-3)9-7-10/h4,6-9,12H,1,5H2,2-3H3. The van der Waals surface area contributed by atoms with Crippen LogP contribution in [-0.2, 0) is 4.74 Å². The van der Waals surface area contributed by atoms with Gasteiger partial charge in [0, 0.05) is 6.61 Å². The molecule has 0 N–H and O–H groups in total. The minimum absolute atomic E-state index is 0.0223. The lowest BCUT2D eigenvalue weighted by Gasteiger charge is -2.13. The first kappa shape index (κ1) is 10.8. The summed E-state index contributed by atoms with van der Waals surface area (Å²) in [7, 11) is 1.66. The van der Waals surface area contributed by atoms with Gasteiger partial charge in [-0.1, -0.05) is 18.2 Å². The summed E-state index contributed by atoms with van der Waals surface area (Å²) in [4.78, 5) is 0. The third-order valence-corrected chi connectivity index (χ3v) is 2.00. The fourth-order valence-electron chi connectivity index (χ4n) is 1.27. The van der Waals surface area contributed by atoms with Crippen LogP contribution in [0.15, 0.2) is 36.9 Å². The average Bonchev–Trinajstić information content (AvgIpc) is 2.26. The van der Waals surface area contributed by atoms with Gasteiger partial charge in [0.2, 0.25) is 0 Å². The highest BCUT2D eigenvalue weighted by molar-refractivity contribution is 5.29. The Morgan fingerprint density at radius 3 is 2.43 bits per heavy atom. The first-order chi connectivity index (χ1) is 6.81. The number of benzene rings is 1. The van der Waals surface area contributed by atoms with Crippen LogP contribution in [0, 0.1) is 0 Å². The second-order valence-corrected chi connectivity index (χ2v) is 2.88. The lowest BCUT2D eigenvalue weighted by Crippen LogP contribution is -2.00. The van der Waals surface area contributed by atoms with E-state index in [4.69, 9.17) is 9.47 Å². The third kappa shape index (κ3) is 2.60. The molecule has 0 heterocycles. The Hall–Kier alpha value is -1.28. The summed E-state index contributed by atoms with van der Waals surface area (Å²) in [5, 5.41) is 0. The van der Waals surface area contributed by atoms with Crippen molar-refractivity contribution in [3.05, 3.63) is 42.5 Å². The molecule has 1 aromatic rings. The van der Waals surface area contributed by atoms with E-state index in [0.29, 0.717) is 6.61 Å². The van der Waals surface area contributed by atoms with E-state index in [1.807, 2.05) is 31.2 Å². The van der Waals surface area contributed by atoms with Gasteiger partial charge in [-0.25, -0.2) is 0 Å². The van der Waals surface area contributed by atoms with E-state index in [2.05, 4.69) is 6.58 Å². The van der Waals surface area contributed by atoms with Gasteiger partial charge in [-0.3, -0.25) is 0 Å². The van der Waals surface area contributed by atoms with E-state index in [1.54, 1.807) is 13.2 Å². The normalized spacial score (nSPS) is 12.1. The van der Waals surface area contributed by atoms with E-state index >= 15 is 0 Å². The number of hydrogen-bond donors (Lipinski definition) is 0. The Balaban J connectivity index is 2.78. The number of ether oxygens (including phenoxy) is 2. The zero-order valence-corrected chi connectivity index (χ0v) is 8.69. The van der Waals surface area contributed by atoms with Gasteiger partial charge >= 0.3 is 0 Å². The Labute approximate surface area is 85.2 Å². The van der Waals surface area contributed by atoms with Gasteiger partial charge in [0.15, 0.2) is 0 Å². The first-order valence-electron chi connectivity index (χ1n) is 4.70. The molecule has 0 saturated carbocycles. The molecule has 1 rings (SSSR count). The predicted molar refractivity (Wildman–Crippen MR) is 57.6 cm³/mol. The Bertz CT molecular complexity index is 277. The Morgan fingerprint density at radius 2 is 2.00 bits per heavy atom. The smallest absolute Gasteiger partial charge is 0.118 e. The summed E-state index contributed by atoms with van der Waals surface area (Å²) in [5.74, 6) is 0.855. The first-order valence-corrected chi connectivity index (χ1v) is 4.70. The highest BCUT2D eigenvalue weighted by Gasteiger charge is 2.05. The molecule has 0 saturated heterocycles. The number of methoxy groups -OCH3 is 1. The largest absolute Gasteiger partial charge is 0.497 e. The monoisotopic (exact) mass is 192 g/mol. The summed E-state index contributed by atoms with van der Waals surface area (Å²) in [6, 6.07) is 7.82. The molecule has 0 fully saturated rings. The van der Waals surface area contributed by atoms with Crippen LogP contribution >= 0.6 is 0 Å². The predicted octanol–water partition coefficient (Wildman–Crippen LogP) is 2.96. The van der Waals surface area contributed by atoms with Crippen molar-refractivity contribution in [3.8, 4) is 5.75 Å². The molecule has 1 unspecified atom stereocenters. The molecule has 0 aliphatic rings. The molecule has 0 spiro atoms. The van der Waals surface area contributed by atoms with Crippen LogP contribution in [0.3, 0.4) is 0 Å². The highest BCUT2D eigenvalue weighted by atomic mass is 16.5. The van der Waals surface area contributed by atoms with Crippen molar-refractivity contribution in [2.45, 2.75) is 13.0 Å². The van der Waals surface area contributed by atoms with E-state index in [1.165, 1.54) is 0 Å². The topological polar surface area (TPSA) is 18.5 Å². The maximum absolute atomic E-state index is 5.49. The van der Waals surface area contributed by atoms with Crippen molar-refractivity contribution in [2.75, 3.05) is 13.7 Å². The quantitative estimate of drug-likeness (QED) is 0.668. The zero-order chi connectivity index (χ0) is 10.4. The van der Waals surface area contributed by atoms with Gasteiger partial charge in [0.1, 0.15) is 11.9 Å². The summed E-state index contributed by atoms with van der Waals surface area (Å²) in [6.07, 6.45) is 1.77. The van der Waals surface area contributed by atoms with E-state index in [9.17, 15) is 0 Å². The molecule has 0 aliphatic carbocycles. The molecule has 0 radical (unpaired) electrons. The third-order valence-electron chi connectivity index (χ3n) is 2.00. The molecule has 2 nitrogen and oxygen atoms in total. The minimum atomic E-state index is -0.0223. The minimum Gasteiger partial charge on any atom is -0.497 e.